The van der Waals surface area contributed by atoms with Crippen LogP contribution in [0.1, 0.15) is 39.5 Å². The van der Waals surface area contributed by atoms with Crippen molar-refractivity contribution in [1.82, 2.24) is 15.5 Å². The number of carbonyl (C=O) groups is 3. The Kier molecular flexibility index (Phi) is 7.74. The average Bonchev–Trinajstić information content (AvgIpc) is 2.90. The van der Waals surface area contributed by atoms with Crippen LogP contribution in [0.3, 0.4) is 0 Å². The smallest absolute Gasteiger partial charge is 0.321 e. The van der Waals surface area contributed by atoms with E-state index in [1.165, 1.54) is 0 Å². The molecule has 1 rings (SSSR count). The lowest BCUT2D eigenvalue weighted by Crippen LogP contribution is -2.47. The lowest BCUT2D eigenvalue weighted by Gasteiger charge is -2.19. The molecule has 120 valence electrons. The van der Waals surface area contributed by atoms with Crippen molar-refractivity contribution in [3.05, 3.63) is 0 Å². The summed E-state index contributed by atoms with van der Waals surface area (Å²) in [6.45, 7) is 4.44. The highest BCUT2D eigenvalue weighted by Gasteiger charge is 2.19. The van der Waals surface area contributed by atoms with Crippen LogP contribution in [0.15, 0.2) is 0 Å². The number of ether oxygens (including phenoxy) is 1. The van der Waals surface area contributed by atoms with Gasteiger partial charge >= 0.3 is 12.0 Å². The first kappa shape index (κ1) is 17.4. The molecule has 2 N–H and O–H groups in total. The molecule has 0 aromatic carbocycles. The van der Waals surface area contributed by atoms with E-state index in [0.717, 1.165) is 25.7 Å². The second kappa shape index (κ2) is 9.33. The fourth-order valence-corrected chi connectivity index (χ4v) is 2.33. The molecule has 3 amide bonds. The minimum Gasteiger partial charge on any atom is -0.465 e. The second-order valence-electron chi connectivity index (χ2n) is 5.11. The number of hydrogen-bond donors (Lipinski definition) is 2. The molecule has 0 spiro atoms. The number of rotatable bonds is 7. The summed E-state index contributed by atoms with van der Waals surface area (Å²) in [6.07, 6.45) is 4.15. The number of esters is 1. The van der Waals surface area contributed by atoms with Crippen molar-refractivity contribution in [3.63, 3.8) is 0 Å². The van der Waals surface area contributed by atoms with E-state index < -0.39 is 11.9 Å². The predicted octanol–water partition coefficient (Wildman–Crippen LogP) is 0.640. The standard InChI is InChI=1S/C14H25N3O4/c1-3-17(10-13(19)21-4-2)9-12(18)16-14(20)15-11-7-5-6-8-11/h11H,3-10H2,1-2H3,(H2,15,16,18,20). The van der Waals surface area contributed by atoms with Crippen LogP contribution in [0, 0.1) is 0 Å². The summed E-state index contributed by atoms with van der Waals surface area (Å²) in [5, 5.41) is 5.08. The van der Waals surface area contributed by atoms with Crippen LogP contribution in [-0.4, -0.2) is 55.1 Å². The molecule has 1 aliphatic carbocycles. The number of imide groups is 1. The molecule has 7 heteroatoms. The maximum absolute atomic E-state index is 11.8. The van der Waals surface area contributed by atoms with E-state index in [4.69, 9.17) is 4.74 Å². The summed E-state index contributed by atoms with van der Waals surface area (Å²) in [5.74, 6) is -0.792. The van der Waals surface area contributed by atoms with Crippen LogP contribution in [0.5, 0.6) is 0 Å². The normalized spacial score (nSPS) is 15.0. The van der Waals surface area contributed by atoms with Gasteiger partial charge in [-0.2, -0.15) is 0 Å². The Balaban J connectivity index is 2.29. The first-order valence-electron chi connectivity index (χ1n) is 7.53. The Morgan fingerprint density at radius 1 is 1.14 bits per heavy atom. The quantitative estimate of drug-likeness (QED) is 0.674. The molecule has 0 bridgehead atoms. The molecule has 1 aliphatic rings. The number of carbonyl (C=O) groups excluding carboxylic acids is 3. The van der Waals surface area contributed by atoms with E-state index in [1.807, 2.05) is 6.92 Å². The van der Waals surface area contributed by atoms with E-state index in [2.05, 4.69) is 10.6 Å². The van der Waals surface area contributed by atoms with Crippen molar-refractivity contribution in [1.29, 1.82) is 0 Å². The Bertz CT molecular complexity index is 367. The molecule has 1 saturated carbocycles. The Hall–Kier alpha value is -1.63. The van der Waals surface area contributed by atoms with Crippen LogP contribution in [0.2, 0.25) is 0 Å². The zero-order chi connectivity index (χ0) is 15.7. The molecule has 0 aromatic rings. The van der Waals surface area contributed by atoms with E-state index in [9.17, 15) is 14.4 Å². The number of nitrogens with one attached hydrogen (secondary N) is 2. The van der Waals surface area contributed by atoms with Gasteiger partial charge in [0.1, 0.15) is 0 Å². The molecule has 0 aromatic heterocycles. The van der Waals surface area contributed by atoms with Gasteiger partial charge in [-0.05, 0) is 26.3 Å². The van der Waals surface area contributed by atoms with Gasteiger partial charge in [0, 0.05) is 6.04 Å². The van der Waals surface area contributed by atoms with Crippen LogP contribution in [0.4, 0.5) is 4.79 Å². The maximum atomic E-state index is 11.8. The third-order valence-corrected chi connectivity index (χ3v) is 3.42. The van der Waals surface area contributed by atoms with Crippen molar-refractivity contribution < 1.29 is 19.1 Å². The van der Waals surface area contributed by atoms with Crippen LogP contribution in [0.25, 0.3) is 0 Å². The summed E-state index contributed by atoms with van der Waals surface area (Å²) in [5.41, 5.74) is 0. The van der Waals surface area contributed by atoms with Crippen LogP contribution < -0.4 is 10.6 Å². The summed E-state index contributed by atoms with van der Waals surface area (Å²) in [6, 6.07) is -0.293. The molecule has 0 aliphatic heterocycles. The average molecular weight is 299 g/mol. The topological polar surface area (TPSA) is 87.7 Å². The molecule has 0 heterocycles. The first-order valence-corrected chi connectivity index (χ1v) is 7.53. The van der Waals surface area contributed by atoms with Gasteiger partial charge in [-0.15, -0.1) is 0 Å². The molecule has 0 saturated heterocycles. The van der Waals surface area contributed by atoms with Crippen LogP contribution in [-0.2, 0) is 14.3 Å². The number of urea groups is 1. The summed E-state index contributed by atoms with van der Waals surface area (Å²) in [7, 11) is 0. The van der Waals surface area contributed by atoms with Gasteiger partial charge in [0.15, 0.2) is 0 Å². The van der Waals surface area contributed by atoms with Crippen molar-refractivity contribution in [3.8, 4) is 0 Å². The number of likely N-dealkylation sites (N-methyl/N-ethyl adjacent to an activating group) is 1. The van der Waals surface area contributed by atoms with Gasteiger partial charge in [-0.3, -0.25) is 19.8 Å². The molecular formula is C14H25N3O4. The monoisotopic (exact) mass is 299 g/mol. The molecule has 1 fully saturated rings. The highest BCUT2D eigenvalue weighted by molar-refractivity contribution is 5.95. The zero-order valence-electron chi connectivity index (χ0n) is 12.8. The molecule has 0 radical (unpaired) electrons. The molecule has 21 heavy (non-hydrogen) atoms. The van der Waals surface area contributed by atoms with Gasteiger partial charge in [0.05, 0.1) is 19.7 Å². The van der Waals surface area contributed by atoms with Gasteiger partial charge in [-0.1, -0.05) is 19.8 Å². The molecule has 0 unspecified atom stereocenters. The van der Waals surface area contributed by atoms with E-state index in [1.54, 1.807) is 11.8 Å². The fourth-order valence-electron chi connectivity index (χ4n) is 2.33. The first-order chi connectivity index (χ1) is 10.0. The lowest BCUT2D eigenvalue weighted by molar-refractivity contribution is -0.144. The van der Waals surface area contributed by atoms with E-state index in [0.29, 0.717) is 13.2 Å². The van der Waals surface area contributed by atoms with Crippen LogP contribution >= 0.6 is 0 Å². The Labute approximate surface area is 125 Å². The Morgan fingerprint density at radius 3 is 2.38 bits per heavy atom. The van der Waals surface area contributed by atoms with Gasteiger partial charge in [-0.25, -0.2) is 4.79 Å². The van der Waals surface area contributed by atoms with E-state index >= 15 is 0 Å². The fraction of sp³-hybridized carbons (Fsp3) is 0.786. The summed E-state index contributed by atoms with van der Waals surface area (Å²) in [4.78, 5) is 36.4. The highest BCUT2D eigenvalue weighted by atomic mass is 16.5. The van der Waals surface area contributed by atoms with Gasteiger partial charge in [0.25, 0.3) is 0 Å². The van der Waals surface area contributed by atoms with Crippen molar-refractivity contribution in [2.75, 3.05) is 26.2 Å². The maximum Gasteiger partial charge on any atom is 0.321 e. The molecule has 0 atom stereocenters. The highest BCUT2D eigenvalue weighted by Crippen LogP contribution is 2.17. The van der Waals surface area contributed by atoms with Gasteiger partial charge in [0.2, 0.25) is 5.91 Å². The molecule has 7 nitrogen and oxygen atoms in total. The SMILES string of the molecule is CCOC(=O)CN(CC)CC(=O)NC(=O)NC1CCCC1. The third kappa shape index (κ3) is 7.08. The van der Waals surface area contributed by atoms with Crippen molar-refractivity contribution >= 4 is 17.9 Å². The molecular weight excluding hydrogens is 274 g/mol. The van der Waals surface area contributed by atoms with Gasteiger partial charge < -0.3 is 10.1 Å². The third-order valence-electron chi connectivity index (χ3n) is 3.42. The Morgan fingerprint density at radius 2 is 1.81 bits per heavy atom. The second-order valence-corrected chi connectivity index (χ2v) is 5.11. The minimum absolute atomic E-state index is 0.00655. The summed E-state index contributed by atoms with van der Waals surface area (Å²) >= 11 is 0. The lowest BCUT2D eigenvalue weighted by atomic mass is 10.2. The van der Waals surface area contributed by atoms with Crippen molar-refractivity contribution in [2.45, 2.75) is 45.6 Å². The zero-order valence-corrected chi connectivity index (χ0v) is 12.8. The summed E-state index contributed by atoms with van der Waals surface area (Å²) < 4.78 is 4.83. The largest absolute Gasteiger partial charge is 0.465 e. The predicted molar refractivity (Wildman–Crippen MR) is 77.7 cm³/mol. The van der Waals surface area contributed by atoms with E-state index in [-0.39, 0.29) is 25.1 Å². The minimum atomic E-state index is -0.459. The van der Waals surface area contributed by atoms with Crippen molar-refractivity contribution in [2.24, 2.45) is 0 Å². The number of amides is 3. The number of nitrogens with zero attached hydrogens (tertiary/aromatic N) is 1. The number of hydrogen-bond acceptors (Lipinski definition) is 5.